The van der Waals surface area contributed by atoms with Gasteiger partial charge in [0.05, 0.1) is 6.33 Å². The number of aliphatic hydroxyl groups is 1. The van der Waals surface area contributed by atoms with Crippen molar-refractivity contribution in [2.75, 3.05) is 19.7 Å². The van der Waals surface area contributed by atoms with E-state index < -0.39 is 0 Å². The average Bonchev–Trinajstić information content (AvgIpc) is 3.03. The SMILES string of the molecule is Cn1cnc(C(=O)N[C@@H]2CN(Cc3ccccc3)CC[C@H]2CO)c1. The van der Waals surface area contributed by atoms with Crippen LogP contribution in [0.5, 0.6) is 0 Å². The molecule has 1 aliphatic heterocycles. The van der Waals surface area contributed by atoms with Crippen LogP contribution in [-0.2, 0) is 13.6 Å². The van der Waals surface area contributed by atoms with Gasteiger partial charge in [-0.1, -0.05) is 30.3 Å². The van der Waals surface area contributed by atoms with Crippen LogP contribution < -0.4 is 5.32 Å². The smallest absolute Gasteiger partial charge is 0.271 e. The number of carbonyl (C=O) groups excluding carboxylic acids is 1. The van der Waals surface area contributed by atoms with Crippen molar-refractivity contribution in [2.24, 2.45) is 13.0 Å². The molecule has 0 radical (unpaired) electrons. The Morgan fingerprint density at radius 2 is 2.17 bits per heavy atom. The van der Waals surface area contributed by atoms with Crippen molar-refractivity contribution < 1.29 is 9.90 Å². The number of aromatic nitrogens is 2. The summed E-state index contributed by atoms with van der Waals surface area (Å²) in [6.45, 7) is 2.61. The lowest BCUT2D eigenvalue weighted by Gasteiger charge is -2.38. The molecular formula is C18H24N4O2. The largest absolute Gasteiger partial charge is 0.396 e. The third-order valence-electron chi connectivity index (χ3n) is 4.58. The average molecular weight is 328 g/mol. The van der Waals surface area contributed by atoms with Gasteiger partial charge in [0, 0.05) is 44.9 Å². The van der Waals surface area contributed by atoms with E-state index >= 15 is 0 Å². The summed E-state index contributed by atoms with van der Waals surface area (Å²) < 4.78 is 1.75. The Kier molecular flexibility index (Phi) is 5.27. The second kappa shape index (κ2) is 7.59. The molecule has 128 valence electrons. The van der Waals surface area contributed by atoms with Gasteiger partial charge in [0.2, 0.25) is 0 Å². The van der Waals surface area contributed by atoms with Crippen LogP contribution in [0.4, 0.5) is 0 Å². The van der Waals surface area contributed by atoms with E-state index in [1.165, 1.54) is 5.56 Å². The summed E-state index contributed by atoms with van der Waals surface area (Å²) in [7, 11) is 1.84. The van der Waals surface area contributed by atoms with E-state index in [1.54, 1.807) is 17.1 Å². The predicted octanol–water partition coefficient (Wildman–Crippen LogP) is 1.03. The molecule has 1 aromatic carbocycles. The maximum Gasteiger partial charge on any atom is 0.271 e. The summed E-state index contributed by atoms with van der Waals surface area (Å²) in [6.07, 6.45) is 4.19. The maximum atomic E-state index is 12.4. The van der Waals surface area contributed by atoms with Gasteiger partial charge in [-0.3, -0.25) is 9.69 Å². The van der Waals surface area contributed by atoms with Gasteiger partial charge in [-0.05, 0) is 18.5 Å². The number of benzene rings is 1. The summed E-state index contributed by atoms with van der Waals surface area (Å²) in [5, 5.41) is 12.7. The van der Waals surface area contributed by atoms with Crippen molar-refractivity contribution in [2.45, 2.75) is 19.0 Å². The van der Waals surface area contributed by atoms with Crippen LogP contribution in [-0.4, -0.2) is 51.2 Å². The number of hydrogen-bond donors (Lipinski definition) is 2. The van der Waals surface area contributed by atoms with E-state index in [2.05, 4.69) is 27.3 Å². The lowest BCUT2D eigenvalue weighted by atomic mass is 9.92. The summed E-state index contributed by atoms with van der Waals surface area (Å²) in [5.74, 6) is -0.0923. The molecule has 2 N–H and O–H groups in total. The lowest BCUT2D eigenvalue weighted by Crippen LogP contribution is -2.53. The molecule has 2 heterocycles. The number of aryl methyl sites for hydroxylation is 1. The molecule has 0 aliphatic carbocycles. The van der Waals surface area contributed by atoms with Crippen LogP contribution in [0, 0.1) is 5.92 Å². The minimum atomic E-state index is -0.180. The van der Waals surface area contributed by atoms with Crippen molar-refractivity contribution >= 4 is 5.91 Å². The molecule has 0 bridgehead atoms. The molecule has 1 aliphatic rings. The molecule has 6 nitrogen and oxygen atoms in total. The fourth-order valence-corrected chi connectivity index (χ4v) is 3.21. The van der Waals surface area contributed by atoms with Gasteiger partial charge in [-0.15, -0.1) is 0 Å². The molecular weight excluding hydrogens is 304 g/mol. The number of nitrogens with one attached hydrogen (secondary N) is 1. The first-order valence-electron chi connectivity index (χ1n) is 8.31. The molecule has 1 aromatic heterocycles. The molecule has 2 atom stereocenters. The fourth-order valence-electron chi connectivity index (χ4n) is 3.21. The van der Waals surface area contributed by atoms with Crippen molar-refractivity contribution in [3.63, 3.8) is 0 Å². The second-order valence-corrected chi connectivity index (χ2v) is 6.46. The summed E-state index contributed by atoms with van der Waals surface area (Å²) in [5.41, 5.74) is 1.67. The highest BCUT2D eigenvalue weighted by Gasteiger charge is 2.30. The van der Waals surface area contributed by atoms with E-state index in [0.29, 0.717) is 5.69 Å². The molecule has 0 spiro atoms. The van der Waals surface area contributed by atoms with Gasteiger partial charge in [0.15, 0.2) is 0 Å². The van der Waals surface area contributed by atoms with Crippen LogP contribution in [0.1, 0.15) is 22.5 Å². The third kappa shape index (κ3) is 4.01. The number of nitrogens with zero attached hydrogens (tertiary/aromatic N) is 3. The van der Waals surface area contributed by atoms with E-state index in [-0.39, 0.29) is 24.5 Å². The highest BCUT2D eigenvalue weighted by Crippen LogP contribution is 2.19. The van der Waals surface area contributed by atoms with E-state index in [9.17, 15) is 9.90 Å². The normalized spacial score (nSPS) is 21.6. The monoisotopic (exact) mass is 328 g/mol. The Balaban J connectivity index is 1.64. The van der Waals surface area contributed by atoms with Crippen LogP contribution in [0.15, 0.2) is 42.9 Å². The van der Waals surface area contributed by atoms with E-state index in [4.69, 9.17) is 0 Å². The van der Waals surface area contributed by atoms with Gasteiger partial charge >= 0.3 is 0 Å². The molecule has 6 heteroatoms. The van der Waals surface area contributed by atoms with Gasteiger partial charge in [0.25, 0.3) is 5.91 Å². The van der Waals surface area contributed by atoms with Crippen molar-refractivity contribution in [1.29, 1.82) is 0 Å². The number of piperidine rings is 1. The first-order valence-corrected chi connectivity index (χ1v) is 8.31. The van der Waals surface area contributed by atoms with Gasteiger partial charge in [0.1, 0.15) is 5.69 Å². The number of imidazole rings is 1. The first-order chi connectivity index (χ1) is 11.7. The highest BCUT2D eigenvalue weighted by molar-refractivity contribution is 5.92. The zero-order valence-electron chi connectivity index (χ0n) is 13.9. The Labute approximate surface area is 142 Å². The van der Waals surface area contributed by atoms with Crippen molar-refractivity contribution in [1.82, 2.24) is 19.8 Å². The molecule has 0 saturated carbocycles. The molecule has 1 fully saturated rings. The van der Waals surface area contributed by atoms with Crippen molar-refractivity contribution in [3.8, 4) is 0 Å². The number of rotatable bonds is 5. The summed E-state index contributed by atoms with van der Waals surface area (Å²) in [4.78, 5) is 18.8. The molecule has 0 unspecified atom stereocenters. The topological polar surface area (TPSA) is 70.4 Å². The standard InChI is InChI=1S/C18H24N4O2/c1-21-10-17(19-13-21)18(24)20-16-11-22(8-7-15(16)12-23)9-14-5-3-2-4-6-14/h2-6,10,13,15-16,23H,7-9,11-12H2,1H3,(H,20,24)/t15-,16+/m0/s1. The van der Waals surface area contributed by atoms with Crippen LogP contribution in [0.2, 0.25) is 0 Å². The molecule has 3 rings (SSSR count). The second-order valence-electron chi connectivity index (χ2n) is 6.46. The first kappa shape index (κ1) is 16.7. The summed E-state index contributed by atoms with van der Waals surface area (Å²) in [6, 6.07) is 10.2. The number of likely N-dealkylation sites (tertiary alicyclic amines) is 1. The van der Waals surface area contributed by atoms with E-state index in [0.717, 1.165) is 26.1 Å². The Bertz CT molecular complexity index is 671. The Hall–Kier alpha value is -2.18. The molecule has 1 amide bonds. The molecule has 2 aromatic rings. The van der Waals surface area contributed by atoms with Gasteiger partial charge < -0.3 is 15.0 Å². The number of hydrogen-bond acceptors (Lipinski definition) is 4. The number of carbonyl (C=O) groups is 1. The minimum Gasteiger partial charge on any atom is -0.396 e. The lowest BCUT2D eigenvalue weighted by molar-refractivity contribution is 0.0727. The molecule has 24 heavy (non-hydrogen) atoms. The maximum absolute atomic E-state index is 12.4. The number of amides is 1. The number of aliphatic hydroxyl groups excluding tert-OH is 1. The minimum absolute atomic E-state index is 0.0676. The third-order valence-corrected chi connectivity index (χ3v) is 4.58. The zero-order valence-corrected chi connectivity index (χ0v) is 13.9. The summed E-state index contributed by atoms with van der Waals surface area (Å²) >= 11 is 0. The quantitative estimate of drug-likeness (QED) is 0.860. The Morgan fingerprint density at radius 3 is 2.83 bits per heavy atom. The Morgan fingerprint density at radius 1 is 1.38 bits per heavy atom. The molecule has 1 saturated heterocycles. The highest BCUT2D eigenvalue weighted by atomic mass is 16.3. The van der Waals surface area contributed by atoms with E-state index in [1.807, 2.05) is 25.2 Å². The zero-order chi connectivity index (χ0) is 16.9. The fraction of sp³-hybridized carbons (Fsp3) is 0.444. The van der Waals surface area contributed by atoms with Crippen LogP contribution in [0.3, 0.4) is 0 Å². The van der Waals surface area contributed by atoms with Crippen molar-refractivity contribution in [3.05, 3.63) is 54.1 Å². The predicted molar refractivity (Wildman–Crippen MR) is 91.4 cm³/mol. The van der Waals surface area contributed by atoms with Gasteiger partial charge in [-0.2, -0.15) is 0 Å². The van der Waals surface area contributed by atoms with Gasteiger partial charge in [-0.25, -0.2) is 4.98 Å². The van der Waals surface area contributed by atoms with Crippen LogP contribution in [0.25, 0.3) is 0 Å². The van der Waals surface area contributed by atoms with Crippen LogP contribution >= 0.6 is 0 Å².